The molecule has 0 bridgehead atoms. The van der Waals surface area contributed by atoms with Crippen molar-refractivity contribution < 1.29 is 14.6 Å². The van der Waals surface area contributed by atoms with Gasteiger partial charge in [-0.15, -0.1) is 0 Å². The number of rotatable bonds is 2. The Kier molecular flexibility index (Phi) is 3.69. The van der Waals surface area contributed by atoms with Gasteiger partial charge in [-0.05, 0) is 24.6 Å². The lowest BCUT2D eigenvalue weighted by Gasteiger charge is -2.27. The molecule has 1 aliphatic rings. The molecule has 0 radical (unpaired) electrons. The number of aliphatic hydroxyl groups excluding tert-OH is 1. The Balaban J connectivity index is 2.24. The van der Waals surface area contributed by atoms with E-state index >= 15 is 0 Å². The molecule has 88 valence electrons. The predicted octanol–water partition coefficient (Wildman–Crippen LogP) is 2.56. The van der Waals surface area contributed by atoms with E-state index in [4.69, 9.17) is 21.1 Å². The molecule has 0 amide bonds. The van der Waals surface area contributed by atoms with Crippen molar-refractivity contribution in [2.45, 2.75) is 25.0 Å². The normalized spacial score (nSPS) is 25.4. The summed E-state index contributed by atoms with van der Waals surface area (Å²) < 4.78 is 10.8. The van der Waals surface area contributed by atoms with Gasteiger partial charge in [-0.1, -0.05) is 11.6 Å². The highest BCUT2D eigenvalue weighted by atomic mass is 35.5. The van der Waals surface area contributed by atoms with E-state index in [1.807, 2.05) is 12.1 Å². The van der Waals surface area contributed by atoms with Crippen LogP contribution in [0.25, 0.3) is 0 Å². The monoisotopic (exact) mass is 242 g/mol. The smallest absolute Gasteiger partial charge is 0.119 e. The maximum absolute atomic E-state index is 9.60. The Labute approximate surface area is 99.9 Å². The van der Waals surface area contributed by atoms with Crippen molar-refractivity contribution in [2.75, 3.05) is 13.7 Å². The third-order valence-electron chi connectivity index (χ3n) is 2.81. The van der Waals surface area contributed by atoms with Crippen LogP contribution in [0.2, 0.25) is 5.02 Å². The molecule has 1 saturated heterocycles. The van der Waals surface area contributed by atoms with Crippen LogP contribution >= 0.6 is 11.6 Å². The lowest BCUT2D eigenvalue weighted by Crippen LogP contribution is -2.23. The molecule has 0 spiro atoms. The summed E-state index contributed by atoms with van der Waals surface area (Å²) >= 11 is 6.12. The zero-order chi connectivity index (χ0) is 11.5. The number of ether oxygens (including phenoxy) is 2. The molecule has 0 aliphatic carbocycles. The molecule has 1 heterocycles. The van der Waals surface area contributed by atoms with Crippen LogP contribution in [0.4, 0.5) is 0 Å². The summed E-state index contributed by atoms with van der Waals surface area (Å²) in [6.07, 6.45) is 0.845. The van der Waals surface area contributed by atoms with Gasteiger partial charge in [0.15, 0.2) is 0 Å². The van der Waals surface area contributed by atoms with E-state index in [2.05, 4.69) is 0 Å². The average Bonchev–Trinajstić information content (AvgIpc) is 2.30. The van der Waals surface area contributed by atoms with Crippen LogP contribution in [0.3, 0.4) is 0 Å². The molecule has 0 saturated carbocycles. The first-order valence-electron chi connectivity index (χ1n) is 5.34. The zero-order valence-electron chi connectivity index (χ0n) is 9.15. The summed E-state index contributed by atoms with van der Waals surface area (Å²) in [5.74, 6) is 0.753. The molecule has 1 aromatic rings. The fourth-order valence-corrected chi connectivity index (χ4v) is 2.13. The molecule has 1 N–H and O–H groups in total. The number of aliphatic hydroxyl groups is 1. The van der Waals surface area contributed by atoms with Gasteiger partial charge in [0.05, 0.1) is 19.3 Å². The SMILES string of the molecule is COc1ccc(Cl)c(C2CC(O)CCO2)c1. The van der Waals surface area contributed by atoms with Gasteiger partial charge in [0.25, 0.3) is 0 Å². The second-order valence-corrected chi connectivity index (χ2v) is 4.33. The summed E-state index contributed by atoms with van der Waals surface area (Å²) in [5, 5.41) is 10.3. The average molecular weight is 243 g/mol. The highest BCUT2D eigenvalue weighted by Crippen LogP contribution is 2.34. The summed E-state index contributed by atoms with van der Waals surface area (Å²) in [4.78, 5) is 0. The summed E-state index contributed by atoms with van der Waals surface area (Å²) in [7, 11) is 1.61. The van der Waals surface area contributed by atoms with Gasteiger partial charge < -0.3 is 14.6 Å². The molecule has 1 aliphatic heterocycles. The van der Waals surface area contributed by atoms with Crippen molar-refractivity contribution in [3.05, 3.63) is 28.8 Å². The molecule has 1 fully saturated rings. The van der Waals surface area contributed by atoms with Crippen molar-refractivity contribution >= 4 is 11.6 Å². The minimum atomic E-state index is -0.305. The van der Waals surface area contributed by atoms with Crippen LogP contribution in [0.1, 0.15) is 24.5 Å². The van der Waals surface area contributed by atoms with E-state index in [9.17, 15) is 5.11 Å². The van der Waals surface area contributed by atoms with Crippen LogP contribution in [0.15, 0.2) is 18.2 Å². The van der Waals surface area contributed by atoms with Crippen LogP contribution in [0.5, 0.6) is 5.75 Å². The van der Waals surface area contributed by atoms with Gasteiger partial charge >= 0.3 is 0 Å². The van der Waals surface area contributed by atoms with E-state index in [1.54, 1.807) is 13.2 Å². The number of halogens is 1. The molecule has 2 unspecified atom stereocenters. The van der Waals surface area contributed by atoms with Crippen LogP contribution < -0.4 is 4.74 Å². The Morgan fingerprint density at radius 3 is 3.00 bits per heavy atom. The van der Waals surface area contributed by atoms with Crippen molar-refractivity contribution in [1.82, 2.24) is 0 Å². The van der Waals surface area contributed by atoms with Gasteiger partial charge in [0.1, 0.15) is 5.75 Å². The predicted molar refractivity (Wildman–Crippen MR) is 61.9 cm³/mol. The Morgan fingerprint density at radius 1 is 1.50 bits per heavy atom. The molecule has 4 heteroatoms. The molecule has 2 rings (SSSR count). The van der Waals surface area contributed by atoms with Crippen LogP contribution in [-0.4, -0.2) is 24.9 Å². The van der Waals surface area contributed by atoms with Gasteiger partial charge in [-0.25, -0.2) is 0 Å². The molecule has 0 aromatic heterocycles. The first kappa shape index (κ1) is 11.7. The summed E-state index contributed by atoms with van der Waals surface area (Å²) in [6, 6.07) is 5.47. The fourth-order valence-electron chi connectivity index (χ4n) is 1.89. The highest BCUT2D eigenvalue weighted by Gasteiger charge is 2.24. The number of hydrogen-bond acceptors (Lipinski definition) is 3. The van der Waals surface area contributed by atoms with E-state index in [1.165, 1.54) is 0 Å². The molecule has 2 atom stereocenters. The first-order chi connectivity index (χ1) is 7.70. The summed E-state index contributed by atoms with van der Waals surface area (Å²) in [5.41, 5.74) is 0.889. The van der Waals surface area contributed by atoms with Crippen molar-refractivity contribution in [3.8, 4) is 5.75 Å². The van der Waals surface area contributed by atoms with Crippen molar-refractivity contribution in [3.63, 3.8) is 0 Å². The van der Waals surface area contributed by atoms with Gasteiger partial charge in [-0.2, -0.15) is 0 Å². The van der Waals surface area contributed by atoms with E-state index in [0.29, 0.717) is 24.5 Å². The lowest BCUT2D eigenvalue weighted by atomic mass is 9.99. The first-order valence-corrected chi connectivity index (χ1v) is 5.71. The number of hydrogen-bond donors (Lipinski definition) is 1. The third kappa shape index (κ3) is 2.48. The van der Waals surface area contributed by atoms with E-state index in [0.717, 1.165) is 11.3 Å². The molecule has 16 heavy (non-hydrogen) atoms. The van der Waals surface area contributed by atoms with Crippen molar-refractivity contribution in [2.24, 2.45) is 0 Å². The van der Waals surface area contributed by atoms with Gasteiger partial charge in [0.2, 0.25) is 0 Å². The number of benzene rings is 1. The Morgan fingerprint density at radius 2 is 2.31 bits per heavy atom. The maximum Gasteiger partial charge on any atom is 0.119 e. The largest absolute Gasteiger partial charge is 0.497 e. The standard InChI is InChI=1S/C12H15ClO3/c1-15-9-2-3-11(13)10(7-9)12-6-8(14)4-5-16-12/h2-3,7-8,12,14H,4-6H2,1H3. The Hall–Kier alpha value is -0.770. The van der Waals surface area contributed by atoms with Crippen molar-refractivity contribution in [1.29, 1.82) is 0 Å². The Bertz CT molecular complexity index is 367. The van der Waals surface area contributed by atoms with Crippen LogP contribution in [0, 0.1) is 0 Å². The van der Waals surface area contributed by atoms with E-state index < -0.39 is 0 Å². The quantitative estimate of drug-likeness (QED) is 0.866. The minimum absolute atomic E-state index is 0.133. The molecule has 1 aromatic carbocycles. The molecular formula is C12H15ClO3. The zero-order valence-corrected chi connectivity index (χ0v) is 9.91. The van der Waals surface area contributed by atoms with Gasteiger partial charge in [-0.3, -0.25) is 0 Å². The second kappa shape index (κ2) is 5.04. The van der Waals surface area contributed by atoms with E-state index in [-0.39, 0.29) is 12.2 Å². The van der Waals surface area contributed by atoms with Gasteiger partial charge in [0, 0.05) is 23.6 Å². The lowest BCUT2D eigenvalue weighted by molar-refractivity contribution is -0.0448. The topological polar surface area (TPSA) is 38.7 Å². The highest BCUT2D eigenvalue weighted by molar-refractivity contribution is 6.31. The summed E-state index contributed by atoms with van der Waals surface area (Å²) in [6.45, 7) is 0.569. The third-order valence-corrected chi connectivity index (χ3v) is 3.15. The minimum Gasteiger partial charge on any atom is -0.497 e. The number of methoxy groups -OCH3 is 1. The maximum atomic E-state index is 9.60. The molecule has 3 nitrogen and oxygen atoms in total. The molecular weight excluding hydrogens is 228 g/mol. The fraction of sp³-hybridized carbons (Fsp3) is 0.500. The second-order valence-electron chi connectivity index (χ2n) is 3.93. The van der Waals surface area contributed by atoms with Crippen LogP contribution in [-0.2, 0) is 4.74 Å².